The quantitative estimate of drug-likeness (QED) is 0.526. The van der Waals surface area contributed by atoms with Gasteiger partial charge in [0.15, 0.2) is 11.0 Å². The first-order valence-corrected chi connectivity index (χ1v) is 8.73. The summed E-state index contributed by atoms with van der Waals surface area (Å²) in [6, 6.07) is 16.4. The van der Waals surface area contributed by atoms with Crippen molar-refractivity contribution < 1.29 is 9.50 Å². The number of nitrogens with zero attached hydrogens (tertiary/aromatic N) is 3. The number of halogens is 1. The van der Waals surface area contributed by atoms with Crippen LogP contribution in [0.25, 0.3) is 11.4 Å². The van der Waals surface area contributed by atoms with E-state index in [9.17, 15) is 4.39 Å². The van der Waals surface area contributed by atoms with Gasteiger partial charge in [-0.25, -0.2) is 4.39 Å². The summed E-state index contributed by atoms with van der Waals surface area (Å²) in [5.74, 6) is 1.21. The number of hydrogen-bond acceptors (Lipinski definition) is 4. The van der Waals surface area contributed by atoms with Crippen molar-refractivity contribution in [2.75, 3.05) is 12.4 Å². The van der Waals surface area contributed by atoms with Crippen molar-refractivity contribution in [1.82, 2.24) is 14.8 Å². The van der Waals surface area contributed by atoms with Gasteiger partial charge in [-0.1, -0.05) is 42.1 Å². The summed E-state index contributed by atoms with van der Waals surface area (Å²) in [7, 11) is 0. The van der Waals surface area contributed by atoms with E-state index in [-0.39, 0.29) is 12.4 Å². The predicted molar refractivity (Wildman–Crippen MR) is 93.4 cm³/mol. The normalized spacial score (nSPS) is 10.9. The molecule has 3 aromatic rings. The number of benzene rings is 2. The highest BCUT2D eigenvalue weighted by molar-refractivity contribution is 7.99. The third-order valence-electron chi connectivity index (χ3n) is 3.54. The number of thioether (sulfide) groups is 1. The van der Waals surface area contributed by atoms with Crippen LogP contribution in [0.4, 0.5) is 4.39 Å². The zero-order chi connectivity index (χ0) is 16.8. The Kier molecular flexibility index (Phi) is 5.61. The van der Waals surface area contributed by atoms with E-state index in [0.29, 0.717) is 18.8 Å². The number of aromatic nitrogens is 3. The molecular weight excluding hydrogens is 325 g/mol. The Bertz CT molecular complexity index is 775. The average molecular weight is 343 g/mol. The van der Waals surface area contributed by atoms with Crippen LogP contribution in [0, 0.1) is 5.82 Å². The van der Waals surface area contributed by atoms with Gasteiger partial charge in [0.25, 0.3) is 0 Å². The summed E-state index contributed by atoms with van der Waals surface area (Å²) in [5, 5.41) is 18.3. The molecule has 1 N–H and O–H groups in total. The fourth-order valence-electron chi connectivity index (χ4n) is 2.34. The Hall–Kier alpha value is -2.18. The number of aliphatic hydroxyl groups is 1. The Morgan fingerprint density at radius 1 is 1.00 bits per heavy atom. The topological polar surface area (TPSA) is 50.9 Å². The van der Waals surface area contributed by atoms with Gasteiger partial charge in [-0.3, -0.25) is 4.57 Å². The van der Waals surface area contributed by atoms with E-state index in [1.165, 1.54) is 12.1 Å². The fraction of sp³-hybridized carbons (Fsp3) is 0.222. The van der Waals surface area contributed by atoms with Crippen LogP contribution in [0.3, 0.4) is 0 Å². The summed E-state index contributed by atoms with van der Waals surface area (Å²) in [5.41, 5.74) is 1.97. The molecule has 0 fully saturated rings. The third-order valence-corrected chi connectivity index (χ3v) is 4.59. The SMILES string of the molecule is OCCCSc1nnc(-c2ccc(F)cc2)n1Cc1ccccc1. The second-order valence-corrected chi connectivity index (χ2v) is 6.37. The molecule has 0 saturated carbocycles. The summed E-state index contributed by atoms with van der Waals surface area (Å²) < 4.78 is 15.2. The molecule has 0 unspecified atom stereocenters. The Balaban J connectivity index is 1.94. The van der Waals surface area contributed by atoms with Crippen LogP contribution in [-0.2, 0) is 6.54 Å². The lowest BCUT2D eigenvalue weighted by atomic mass is 10.2. The second-order valence-electron chi connectivity index (χ2n) is 5.31. The van der Waals surface area contributed by atoms with Gasteiger partial charge in [0.1, 0.15) is 5.82 Å². The first-order chi connectivity index (χ1) is 11.8. The van der Waals surface area contributed by atoms with E-state index >= 15 is 0 Å². The highest BCUT2D eigenvalue weighted by Gasteiger charge is 2.14. The summed E-state index contributed by atoms with van der Waals surface area (Å²) >= 11 is 1.56. The van der Waals surface area contributed by atoms with Crippen molar-refractivity contribution in [3.8, 4) is 11.4 Å². The first-order valence-electron chi connectivity index (χ1n) is 7.74. The molecule has 24 heavy (non-hydrogen) atoms. The van der Waals surface area contributed by atoms with Gasteiger partial charge in [-0.05, 0) is 36.2 Å². The maximum atomic E-state index is 13.2. The Morgan fingerprint density at radius 2 is 1.75 bits per heavy atom. The third kappa shape index (κ3) is 4.01. The van der Waals surface area contributed by atoms with Gasteiger partial charge in [-0.2, -0.15) is 0 Å². The minimum atomic E-state index is -0.273. The molecule has 1 heterocycles. The van der Waals surface area contributed by atoms with Crippen LogP contribution in [-0.4, -0.2) is 32.2 Å². The largest absolute Gasteiger partial charge is 0.396 e. The Morgan fingerprint density at radius 3 is 2.46 bits per heavy atom. The van der Waals surface area contributed by atoms with E-state index in [2.05, 4.69) is 22.3 Å². The standard InChI is InChI=1S/C18H18FN3OS/c19-16-9-7-15(8-10-16)17-20-21-18(24-12-4-11-23)22(17)13-14-5-2-1-3-6-14/h1-3,5-10,23H,4,11-13H2. The van der Waals surface area contributed by atoms with Crippen LogP contribution in [0.1, 0.15) is 12.0 Å². The molecule has 124 valence electrons. The van der Waals surface area contributed by atoms with Crippen LogP contribution in [0.15, 0.2) is 59.8 Å². The van der Waals surface area contributed by atoms with Crippen molar-refractivity contribution in [3.05, 3.63) is 66.0 Å². The molecule has 3 rings (SSSR count). The zero-order valence-corrected chi connectivity index (χ0v) is 13.9. The molecule has 6 heteroatoms. The van der Waals surface area contributed by atoms with E-state index in [1.807, 2.05) is 22.8 Å². The van der Waals surface area contributed by atoms with E-state index < -0.39 is 0 Å². The maximum Gasteiger partial charge on any atom is 0.191 e. The van der Waals surface area contributed by atoms with Crippen molar-refractivity contribution in [1.29, 1.82) is 0 Å². The molecule has 0 aliphatic carbocycles. The molecule has 0 radical (unpaired) electrons. The van der Waals surface area contributed by atoms with Crippen LogP contribution < -0.4 is 0 Å². The molecule has 1 aromatic heterocycles. The molecule has 0 spiro atoms. The van der Waals surface area contributed by atoms with E-state index in [4.69, 9.17) is 5.11 Å². The van der Waals surface area contributed by atoms with Gasteiger partial charge in [0, 0.05) is 17.9 Å². The van der Waals surface area contributed by atoms with Gasteiger partial charge in [0.2, 0.25) is 0 Å². The number of rotatable bonds is 7. The lowest BCUT2D eigenvalue weighted by Gasteiger charge is -2.10. The summed E-state index contributed by atoms with van der Waals surface area (Å²) in [4.78, 5) is 0. The van der Waals surface area contributed by atoms with Crippen molar-refractivity contribution in [2.24, 2.45) is 0 Å². The molecule has 0 atom stereocenters. The minimum Gasteiger partial charge on any atom is -0.396 e. The van der Waals surface area contributed by atoms with Gasteiger partial charge in [-0.15, -0.1) is 10.2 Å². The summed E-state index contributed by atoms with van der Waals surface area (Å²) in [6.45, 7) is 0.798. The average Bonchev–Trinajstić information content (AvgIpc) is 2.99. The van der Waals surface area contributed by atoms with Crippen molar-refractivity contribution >= 4 is 11.8 Å². The molecular formula is C18H18FN3OS. The van der Waals surface area contributed by atoms with E-state index in [1.54, 1.807) is 23.9 Å². The maximum absolute atomic E-state index is 13.2. The fourth-order valence-corrected chi connectivity index (χ4v) is 3.21. The van der Waals surface area contributed by atoms with Crippen molar-refractivity contribution in [3.63, 3.8) is 0 Å². The lowest BCUT2D eigenvalue weighted by Crippen LogP contribution is -2.04. The number of aliphatic hydroxyl groups excluding tert-OH is 1. The predicted octanol–water partition coefficient (Wildman–Crippen LogP) is 3.61. The zero-order valence-electron chi connectivity index (χ0n) is 13.1. The lowest BCUT2D eigenvalue weighted by molar-refractivity contribution is 0.296. The Labute approximate surface area is 144 Å². The molecule has 0 amide bonds. The first kappa shape index (κ1) is 16.7. The molecule has 0 bridgehead atoms. The van der Waals surface area contributed by atoms with Gasteiger partial charge < -0.3 is 5.11 Å². The minimum absolute atomic E-state index is 0.157. The highest BCUT2D eigenvalue weighted by atomic mass is 32.2. The van der Waals surface area contributed by atoms with E-state index in [0.717, 1.165) is 22.0 Å². The molecule has 0 aliphatic heterocycles. The van der Waals surface area contributed by atoms with Crippen molar-refractivity contribution in [2.45, 2.75) is 18.1 Å². The highest BCUT2D eigenvalue weighted by Crippen LogP contribution is 2.25. The summed E-state index contributed by atoms with van der Waals surface area (Å²) in [6.07, 6.45) is 0.703. The molecule has 2 aromatic carbocycles. The van der Waals surface area contributed by atoms with Gasteiger partial charge in [0.05, 0.1) is 6.54 Å². The smallest absolute Gasteiger partial charge is 0.191 e. The molecule has 0 aliphatic rings. The second kappa shape index (κ2) is 8.08. The van der Waals surface area contributed by atoms with Gasteiger partial charge >= 0.3 is 0 Å². The van der Waals surface area contributed by atoms with Crippen LogP contribution >= 0.6 is 11.8 Å². The monoisotopic (exact) mass is 343 g/mol. The molecule has 4 nitrogen and oxygen atoms in total. The molecule has 0 saturated heterocycles. The van der Waals surface area contributed by atoms with Crippen LogP contribution in [0.2, 0.25) is 0 Å². The number of hydrogen-bond donors (Lipinski definition) is 1. The van der Waals surface area contributed by atoms with Crippen LogP contribution in [0.5, 0.6) is 0 Å².